The molecule has 0 amide bonds. The van der Waals surface area contributed by atoms with Gasteiger partial charge in [-0.25, -0.2) is 4.98 Å². The topological polar surface area (TPSA) is 43.8 Å². The monoisotopic (exact) mass is 153 g/mol. The molecular formula is C8H15N3. The SMILES string of the molecule is C[C@@H](N)CCc1nccn1C. The first-order chi connectivity index (χ1) is 5.20. The van der Waals surface area contributed by atoms with E-state index in [1.807, 2.05) is 30.9 Å². The number of aromatic nitrogens is 2. The molecule has 3 nitrogen and oxygen atoms in total. The molecule has 0 aliphatic heterocycles. The quantitative estimate of drug-likeness (QED) is 0.694. The molecule has 2 N–H and O–H groups in total. The number of hydrogen-bond donors (Lipinski definition) is 1. The van der Waals surface area contributed by atoms with Crippen LogP contribution >= 0.6 is 0 Å². The summed E-state index contributed by atoms with van der Waals surface area (Å²) in [7, 11) is 2.00. The van der Waals surface area contributed by atoms with Crippen LogP contribution in [0, 0.1) is 0 Å². The summed E-state index contributed by atoms with van der Waals surface area (Å²) >= 11 is 0. The van der Waals surface area contributed by atoms with Gasteiger partial charge in [-0.2, -0.15) is 0 Å². The van der Waals surface area contributed by atoms with Crippen molar-refractivity contribution in [2.75, 3.05) is 0 Å². The molecule has 0 aliphatic rings. The zero-order valence-corrected chi connectivity index (χ0v) is 7.12. The number of imidazole rings is 1. The number of rotatable bonds is 3. The normalized spacial score (nSPS) is 13.4. The third-order valence-corrected chi connectivity index (χ3v) is 1.74. The van der Waals surface area contributed by atoms with Crippen LogP contribution in [-0.2, 0) is 13.5 Å². The van der Waals surface area contributed by atoms with Crippen LogP contribution in [0.25, 0.3) is 0 Å². The third-order valence-electron chi connectivity index (χ3n) is 1.74. The van der Waals surface area contributed by atoms with Gasteiger partial charge in [-0.3, -0.25) is 0 Å². The van der Waals surface area contributed by atoms with Gasteiger partial charge >= 0.3 is 0 Å². The second-order valence-corrected chi connectivity index (χ2v) is 2.97. The van der Waals surface area contributed by atoms with Crippen LogP contribution in [0.4, 0.5) is 0 Å². The molecule has 0 spiro atoms. The van der Waals surface area contributed by atoms with Crippen molar-refractivity contribution >= 4 is 0 Å². The van der Waals surface area contributed by atoms with Crippen molar-refractivity contribution in [1.29, 1.82) is 0 Å². The number of hydrogen-bond acceptors (Lipinski definition) is 2. The van der Waals surface area contributed by atoms with E-state index in [-0.39, 0.29) is 6.04 Å². The first-order valence-electron chi connectivity index (χ1n) is 3.92. The molecule has 1 aromatic heterocycles. The number of aryl methyl sites for hydroxylation is 2. The predicted octanol–water partition coefficient (Wildman–Crippen LogP) is 0.700. The summed E-state index contributed by atoms with van der Waals surface area (Å²) in [5.41, 5.74) is 5.62. The van der Waals surface area contributed by atoms with E-state index >= 15 is 0 Å². The first kappa shape index (κ1) is 8.27. The van der Waals surface area contributed by atoms with Gasteiger partial charge in [0.1, 0.15) is 5.82 Å². The minimum Gasteiger partial charge on any atom is -0.338 e. The highest BCUT2D eigenvalue weighted by molar-refractivity contribution is 4.91. The molecule has 0 radical (unpaired) electrons. The van der Waals surface area contributed by atoms with Gasteiger partial charge in [-0.15, -0.1) is 0 Å². The average molecular weight is 153 g/mol. The van der Waals surface area contributed by atoms with Gasteiger partial charge in [0.2, 0.25) is 0 Å². The van der Waals surface area contributed by atoms with Crippen molar-refractivity contribution in [3.05, 3.63) is 18.2 Å². The molecule has 0 saturated heterocycles. The standard InChI is InChI=1S/C8H15N3/c1-7(9)3-4-8-10-5-6-11(8)2/h5-7H,3-4,9H2,1-2H3/t7-/m1/s1. The smallest absolute Gasteiger partial charge is 0.108 e. The fourth-order valence-electron chi connectivity index (χ4n) is 0.994. The van der Waals surface area contributed by atoms with Crippen LogP contribution in [-0.4, -0.2) is 15.6 Å². The molecule has 1 heterocycles. The summed E-state index contributed by atoms with van der Waals surface area (Å²) < 4.78 is 2.03. The Bertz CT molecular complexity index is 215. The second kappa shape index (κ2) is 3.53. The number of nitrogens with two attached hydrogens (primary N) is 1. The molecule has 1 rings (SSSR count). The van der Waals surface area contributed by atoms with Crippen LogP contribution < -0.4 is 5.73 Å². The van der Waals surface area contributed by atoms with E-state index in [9.17, 15) is 0 Å². The average Bonchev–Trinajstić information content (AvgIpc) is 2.31. The fourth-order valence-corrected chi connectivity index (χ4v) is 0.994. The molecule has 0 aliphatic carbocycles. The van der Waals surface area contributed by atoms with E-state index in [0.717, 1.165) is 18.7 Å². The van der Waals surface area contributed by atoms with E-state index in [2.05, 4.69) is 4.98 Å². The van der Waals surface area contributed by atoms with Gasteiger partial charge in [0.15, 0.2) is 0 Å². The van der Waals surface area contributed by atoms with Gasteiger partial charge in [-0.1, -0.05) is 0 Å². The van der Waals surface area contributed by atoms with E-state index in [1.165, 1.54) is 0 Å². The molecule has 0 fully saturated rings. The zero-order valence-electron chi connectivity index (χ0n) is 7.12. The molecular weight excluding hydrogens is 138 g/mol. The van der Waals surface area contributed by atoms with Crippen molar-refractivity contribution in [1.82, 2.24) is 9.55 Å². The van der Waals surface area contributed by atoms with Crippen molar-refractivity contribution in [2.24, 2.45) is 12.8 Å². The minimum atomic E-state index is 0.270. The molecule has 0 aromatic carbocycles. The predicted molar refractivity (Wildman–Crippen MR) is 45.2 cm³/mol. The molecule has 0 bridgehead atoms. The van der Waals surface area contributed by atoms with Crippen LogP contribution in [0.1, 0.15) is 19.2 Å². The van der Waals surface area contributed by atoms with E-state index in [1.54, 1.807) is 0 Å². The zero-order chi connectivity index (χ0) is 8.27. The van der Waals surface area contributed by atoms with Crippen molar-refractivity contribution < 1.29 is 0 Å². The highest BCUT2D eigenvalue weighted by Gasteiger charge is 2.00. The van der Waals surface area contributed by atoms with Crippen LogP contribution in [0.2, 0.25) is 0 Å². The van der Waals surface area contributed by atoms with Crippen LogP contribution in [0.3, 0.4) is 0 Å². The fraction of sp³-hybridized carbons (Fsp3) is 0.625. The van der Waals surface area contributed by atoms with E-state index in [4.69, 9.17) is 5.73 Å². The Kier molecular flexibility index (Phi) is 2.65. The van der Waals surface area contributed by atoms with Gasteiger partial charge in [0, 0.05) is 31.9 Å². The highest BCUT2D eigenvalue weighted by Crippen LogP contribution is 1.99. The summed E-state index contributed by atoms with van der Waals surface area (Å²) in [6.45, 7) is 2.02. The minimum absolute atomic E-state index is 0.270. The second-order valence-electron chi connectivity index (χ2n) is 2.97. The Balaban J connectivity index is 2.44. The maximum Gasteiger partial charge on any atom is 0.108 e. The van der Waals surface area contributed by atoms with Crippen molar-refractivity contribution in [2.45, 2.75) is 25.8 Å². The highest BCUT2D eigenvalue weighted by atomic mass is 15.0. The lowest BCUT2D eigenvalue weighted by molar-refractivity contribution is 0.633. The van der Waals surface area contributed by atoms with Crippen molar-refractivity contribution in [3.63, 3.8) is 0 Å². The summed E-state index contributed by atoms with van der Waals surface area (Å²) in [4.78, 5) is 4.20. The lowest BCUT2D eigenvalue weighted by Gasteiger charge is -2.03. The lowest BCUT2D eigenvalue weighted by atomic mass is 10.2. The largest absolute Gasteiger partial charge is 0.338 e. The van der Waals surface area contributed by atoms with E-state index < -0.39 is 0 Å². The Morgan fingerprint density at radius 2 is 2.45 bits per heavy atom. The molecule has 3 heteroatoms. The first-order valence-corrected chi connectivity index (χ1v) is 3.92. The van der Waals surface area contributed by atoms with Crippen LogP contribution in [0.5, 0.6) is 0 Å². The number of nitrogens with zero attached hydrogens (tertiary/aromatic N) is 2. The maximum absolute atomic E-state index is 5.62. The Labute approximate surface area is 67.2 Å². The molecule has 1 atom stereocenters. The summed E-state index contributed by atoms with van der Waals surface area (Å²) in [5, 5.41) is 0. The molecule has 1 aromatic rings. The Morgan fingerprint density at radius 3 is 2.91 bits per heavy atom. The van der Waals surface area contributed by atoms with Gasteiger partial charge in [0.25, 0.3) is 0 Å². The Morgan fingerprint density at radius 1 is 1.73 bits per heavy atom. The van der Waals surface area contributed by atoms with Gasteiger partial charge < -0.3 is 10.3 Å². The molecule has 62 valence electrons. The van der Waals surface area contributed by atoms with E-state index in [0.29, 0.717) is 0 Å². The summed E-state index contributed by atoms with van der Waals surface area (Å²) in [6.07, 6.45) is 5.75. The molecule has 0 unspecified atom stereocenters. The molecule has 0 saturated carbocycles. The maximum atomic E-state index is 5.62. The third kappa shape index (κ3) is 2.35. The van der Waals surface area contributed by atoms with Crippen LogP contribution in [0.15, 0.2) is 12.4 Å². The van der Waals surface area contributed by atoms with Gasteiger partial charge in [0.05, 0.1) is 0 Å². The Hall–Kier alpha value is -0.830. The summed E-state index contributed by atoms with van der Waals surface area (Å²) in [5.74, 6) is 1.11. The van der Waals surface area contributed by atoms with Crippen molar-refractivity contribution in [3.8, 4) is 0 Å². The van der Waals surface area contributed by atoms with Gasteiger partial charge in [-0.05, 0) is 13.3 Å². The lowest BCUT2D eigenvalue weighted by Crippen LogP contribution is -2.16. The summed E-state index contributed by atoms with van der Waals surface area (Å²) in [6, 6.07) is 0.270. The molecule has 11 heavy (non-hydrogen) atoms.